The zero-order chi connectivity index (χ0) is 14.5. The maximum Gasteiger partial charge on any atom is 0.320 e. The van der Waals surface area contributed by atoms with Crippen LogP contribution in [0, 0.1) is 0 Å². The lowest BCUT2D eigenvalue weighted by Gasteiger charge is -2.38. The van der Waals surface area contributed by atoms with Crippen molar-refractivity contribution in [3.8, 4) is 0 Å². The maximum atomic E-state index is 11.9. The van der Waals surface area contributed by atoms with Gasteiger partial charge in [0.05, 0.1) is 0 Å². The van der Waals surface area contributed by atoms with Crippen molar-refractivity contribution in [2.24, 2.45) is 0 Å². The van der Waals surface area contributed by atoms with Crippen molar-refractivity contribution in [3.63, 3.8) is 0 Å². The summed E-state index contributed by atoms with van der Waals surface area (Å²) in [6.07, 6.45) is 4.42. The molecule has 6 heteroatoms. The van der Waals surface area contributed by atoms with Crippen molar-refractivity contribution in [3.05, 3.63) is 0 Å². The van der Waals surface area contributed by atoms with Gasteiger partial charge in [-0.15, -0.1) is 0 Å². The van der Waals surface area contributed by atoms with E-state index in [1.807, 2.05) is 11.8 Å². The van der Waals surface area contributed by atoms with Gasteiger partial charge in [0.15, 0.2) is 0 Å². The molecule has 0 aliphatic carbocycles. The fourth-order valence-corrected chi connectivity index (χ4v) is 3.24. The minimum atomic E-state index is -0.703. The first kappa shape index (κ1) is 15.1. The highest BCUT2D eigenvalue weighted by Gasteiger charge is 2.37. The molecule has 114 valence electrons. The van der Waals surface area contributed by atoms with E-state index in [0.29, 0.717) is 12.6 Å². The largest absolute Gasteiger partial charge is 0.480 e. The van der Waals surface area contributed by atoms with E-state index in [1.165, 1.54) is 0 Å². The van der Waals surface area contributed by atoms with E-state index in [-0.39, 0.29) is 12.1 Å². The molecule has 0 spiro atoms. The molecule has 2 fully saturated rings. The number of carboxylic acids is 1. The lowest BCUT2D eigenvalue weighted by molar-refractivity contribution is -0.143. The first-order chi connectivity index (χ1) is 9.63. The normalized spacial score (nSPS) is 24.9. The number of nitrogens with zero attached hydrogens (tertiary/aromatic N) is 2. The lowest BCUT2D eigenvalue weighted by atomic mass is 10.0. The minimum Gasteiger partial charge on any atom is -0.480 e. The van der Waals surface area contributed by atoms with E-state index in [1.54, 1.807) is 0 Å². The third-order valence-electron chi connectivity index (χ3n) is 4.33. The van der Waals surface area contributed by atoms with Gasteiger partial charge in [-0.05, 0) is 38.6 Å². The number of rotatable bonds is 4. The molecule has 1 atom stereocenters. The molecule has 0 aromatic heterocycles. The van der Waals surface area contributed by atoms with Crippen molar-refractivity contribution in [1.29, 1.82) is 0 Å². The molecule has 2 N–H and O–H groups in total. The quantitative estimate of drug-likeness (QED) is 0.811. The Kier molecular flexibility index (Phi) is 5.23. The summed E-state index contributed by atoms with van der Waals surface area (Å²) in [5.74, 6) is -0.703. The van der Waals surface area contributed by atoms with Gasteiger partial charge in [0.1, 0.15) is 6.04 Å². The minimum absolute atomic E-state index is 0.0153. The highest BCUT2D eigenvalue weighted by atomic mass is 16.4. The molecule has 2 amide bonds. The topological polar surface area (TPSA) is 72.9 Å². The molecule has 6 nitrogen and oxygen atoms in total. The Morgan fingerprint density at radius 2 is 1.90 bits per heavy atom. The number of likely N-dealkylation sites (tertiary alicyclic amines) is 2. The second kappa shape index (κ2) is 6.92. The molecule has 0 bridgehead atoms. The lowest BCUT2D eigenvalue weighted by Crippen LogP contribution is -2.51. The number of hydrogen-bond acceptors (Lipinski definition) is 3. The molecule has 0 aromatic carbocycles. The molecule has 0 radical (unpaired) electrons. The number of amides is 2. The van der Waals surface area contributed by atoms with Gasteiger partial charge in [0, 0.05) is 25.7 Å². The van der Waals surface area contributed by atoms with Gasteiger partial charge >= 0.3 is 12.0 Å². The van der Waals surface area contributed by atoms with Crippen LogP contribution in [-0.2, 0) is 4.79 Å². The van der Waals surface area contributed by atoms with Crippen molar-refractivity contribution in [1.82, 2.24) is 15.1 Å². The Morgan fingerprint density at radius 3 is 2.50 bits per heavy atom. The molecule has 0 saturated carbocycles. The van der Waals surface area contributed by atoms with Gasteiger partial charge in [0.2, 0.25) is 0 Å². The van der Waals surface area contributed by atoms with Crippen molar-refractivity contribution < 1.29 is 14.7 Å². The van der Waals surface area contributed by atoms with Gasteiger partial charge < -0.3 is 15.3 Å². The number of urea groups is 1. The van der Waals surface area contributed by atoms with Crippen LogP contribution < -0.4 is 5.32 Å². The number of hydrogen-bond donors (Lipinski definition) is 2. The number of carbonyl (C=O) groups is 2. The Morgan fingerprint density at radius 1 is 1.20 bits per heavy atom. The van der Waals surface area contributed by atoms with Gasteiger partial charge in [-0.1, -0.05) is 6.92 Å². The Labute approximate surface area is 120 Å². The molecule has 2 saturated heterocycles. The summed E-state index contributed by atoms with van der Waals surface area (Å²) in [5, 5.41) is 12.1. The van der Waals surface area contributed by atoms with Crippen LogP contribution in [0.2, 0.25) is 0 Å². The Hall–Kier alpha value is -1.30. The van der Waals surface area contributed by atoms with Crippen molar-refractivity contribution >= 4 is 12.0 Å². The molecule has 0 aromatic rings. The van der Waals surface area contributed by atoms with Crippen molar-refractivity contribution in [2.75, 3.05) is 26.2 Å². The first-order valence-electron chi connectivity index (χ1n) is 7.64. The van der Waals surface area contributed by atoms with Gasteiger partial charge in [-0.3, -0.25) is 9.69 Å². The first-order valence-corrected chi connectivity index (χ1v) is 7.64. The van der Waals surface area contributed by atoms with E-state index in [4.69, 9.17) is 0 Å². The summed E-state index contributed by atoms with van der Waals surface area (Å²) < 4.78 is 0. The summed E-state index contributed by atoms with van der Waals surface area (Å²) in [6.45, 7) is 5.08. The van der Waals surface area contributed by atoms with E-state index in [2.05, 4.69) is 10.2 Å². The number of carbonyl (C=O) groups excluding carboxylic acids is 1. The molecule has 2 heterocycles. The molecule has 2 rings (SSSR count). The summed E-state index contributed by atoms with van der Waals surface area (Å²) in [7, 11) is 0. The highest BCUT2D eigenvalue weighted by molar-refractivity contribution is 5.74. The van der Waals surface area contributed by atoms with Crippen LogP contribution in [0.3, 0.4) is 0 Å². The third-order valence-corrected chi connectivity index (χ3v) is 4.33. The average Bonchev–Trinajstić information content (AvgIpc) is 2.94. The molecular weight excluding hydrogens is 258 g/mol. The predicted octanol–water partition coefficient (Wildman–Crippen LogP) is 1.12. The summed E-state index contributed by atoms with van der Waals surface area (Å²) in [5.41, 5.74) is 0. The molecule has 20 heavy (non-hydrogen) atoms. The second-order valence-electron chi connectivity index (χ2n) is 5.68. The van der Waals surface area contributed by atoms with E-state index in [9.17, 15) is 14.7 Å². The average molecular weight is 283 g/mol. The zero-order valence-corrected chi connectivity index (χ0v) is 12.2. The van der Waals surface area contributed by atoms with E-state index < -0.39 is 5.97 Å². The molecule has 1 unspecified atom stereocenters. The Bertz CT molecular complexity index is 354. The Balaban J connectivity index is 1.82. The molecular formula is C14H25N3O3. The van der Waals surface area contributed by atoms with E-state index in [0.717, 1.165) is 51.7 Å². The summed E-state index contributed by atoms with van der Waals surface area (Å²) >= 11 is 0. The van der Waals surface area contributed by atoms with Crippen LogP contribution in [0.25, 0.3) is 0 Å². The van der Waals surface area contributed by atoms with E-state index >= 15 is 0 Å². The number of nitrogens with one attached hydrogen (secondary N) is 1. The van der Waals surface area contributed by atoms with Gasteiger partial charge in [-0.2, -0.15) is 0 Å². The maximum absolute atomic E-state index is 11.9. The molecule has 2 aliphatic heterocycles. The second-order valence-corrected chi connectivity index (χ2v) is 5.68. The van der Waals surface area contributed by atoms with Crippen molar-refractivity contribution in [2.45, 2.75) is 51.1 Å². The smallest absolute Gasteiger partial charge is 0.320 e. The number of piperidine rings is 1. The summed E-state index contributed by atoms with van der Waals surface area (Å²) in [4.78, 5) is 27.1. The zero-order valence-electron chi connectivity index (χ0n) is 12.2. The standard InChI is InChI=1S/C14H25N3O3/c1-2-7-15-14(20)16-9-5-11(6-10-16)17-8-3-4-12(17)13(18)19/h11-12H,2-10H2,1H3,(H,15,20)(H,18,19). The highest BCUT2D eigenvalue weighted by Crippen LogP contribution is 2.26. The third kappa shape index (κ3) is 3.42. The number of aliphatic carboxylic acids is 1. The van der Waals surface area contributed by atoms with Crippen LogP contribution in [-0.4, -0.2) is 65.2 Å². The van der Waals surface area contributed by atoms with Crippen LogP contribution in [0.15, 0.2) is 0 Å². The van der Waals surface area contributed by atoms with Crippen LogP contribution >= 0.6 is 0 Å². The fraction of sp³-hybridized carbons (Fsp3) is 0.857. The van der Waals surface area contributed by atoms with Gasteiger partial charge in [-0.25, -0.2) is 4.79 Å². The van der Waals surface area contributed by atoms with Crippen LogP contribution in [0.1, 0.15) is 39.0 Å². The van der Waals surface area contributed by atoms with Crippen LogP contribution in [0.5, 0.6) is 0 Å². The molecule has 2 aliphatic rings. The summed E-state index contributed by atoms with van der Waals surface area (Å²) in [6, 6.07) is 0.01000. The fourth-order valence-electron chi connectivity index (χ4n) is 3.24. The van der Waals surface area contributed by atoms with Gasteiger partial charge in [0.25, 0.3) is 0 Å². The number of carboxylic acid groups (broad SMARTS) is 1. The predicted molar refractivity (Wildman–Crippen MR) is 75.6 cm³/mol. The monoisotopic (exact) mass is 283 g/mol. The van der Waals surface area contributed by atoms with Crippen LogP contribution in [0.4, 0.5) is 4.79 Å². The SMILES string of the molecule is CCCNC(=O)N1CCC(N2CCCC2C(=O)O)CC1.